The van der Waals surface area contributed by atoms with Gasteiger partial charge in [-0.05, 0) is 38.5 Å². The van der Waals surface area contributed by atoms with Gasteiger partial charge in [-0.2, -0.15) is 0 Å². The van der Waals surface area contributed by atoms with Crippen LogP contribution in [0.4, 0.5) is 0 Å². The van der Waals surface area contributed by atoms with Crippen LogP contribution in [0.5, 0.6) is 0 Å². The highest BCUT2D eigenvalue weighted by Gasteiger charge is 2.47. The molecule has 0 amide bonds. The molecule has 1 aliphatic heterocycles. The van der Waals surface area contributed by atoms with Crippen LogP contribution in [0.2, 0.25) is 0 Å². The van der Waals surface area contributed by atoms with E-state index in [4.69, 9.17) is 9.47 Å². The molecule has 1 aliphatic rings. The average Bonchev–Trinajstić information content (AvgIpc) is 3.06. The van der Waals surface area contributed by atoms with Crippen LogP contribution in [0.25, 0.3) is 5.76 Å². The number of thiophene rings is 1. The summed E-state index contributed by atoms with van der Waals surface area (Å²) in [5.74, 6) is -0.754. The highest BCUT2D eigenvalue weighted by molar-refractivity contribution is 7.13. The van der Waals surface area contributed by atoms with Crippen LogP contribution in [0.1, 0.15) is 30.0 Å². The van der Waals surface area contributed by atoms with E-state index in [9.17, 15) is 9.59 Å². The van der Waals surface area contributed by atoms with Crippen LogP contribution in [-0.4, -0.2) is 24.5 Å². The van der Waals surface area contributed by atoms with Crippen LogP contribution in [-0.2, 0) is 19.1 Å². The number of carbonyl (C=O) groups is 2. The van der Waals surface area contributed by atoms with Crippen molar-refractivity contribution in [3.05, 3.63) is 51.8 Å². The number of rotatable bonds is 5. The van der Waals surface area contributed by atoms with Gasteiger partial charge in [-0.15, -0.1) is 11.3 Å². The first-order chi connectivity index (χ1) is 10.9. The molecule has 4 nitrogen and oxygen atoms in total. The van der Waals surface area contributed by atoms with E-state index in [1.54, 1.807) is 19.1 Å². The Bertz CT molecular complexity index is 708. The van der Waals surface area contributed by atoms with Crippen LogP contribution in [0.3, 0.4) is 0 Å². The lowest BCUT2D eigenvalue weighted by molar-refractivity contribution is -0.138. The lowest BCUT2D eigenvalue weighted by Crippen LogP contribution is -2.32. The maximum atomic E-state index is 12.7. The fourth-order valence-electron chi connectivity index (χ4n) is 2.24. The number of allylic oxidation sites excluding steroid dienone is 3. The predicted octanol–water partition coefficient (Wildman–Crippen LogP) is 3.82. The van der Waals surface area contributed by atoms with Gasteiger partial charge >= 0.3 is 5.97 Å². The lowest BCUT2D eigenvalue weighted by Gasteiger charge is -2.19. The van der Waals surface area contributed by atoms with E-state index < -0.39 is 11.6 Å². The zero-order valence-corrected chi connectivity index (χ0v) is 14.5. The fraction of sp³-hybridized carbons (Fsp3) is 0.333. The van der Waals surface area contributed by atoms with Crippen LogP contribution >= 0.6 is 11.3 Å². The molecule has 0 bridgehead atoms. The largest absolute Gasteiger partial charge is 0.473 e. The average molecular weight is 332 g/mol. The number of ketones is 1. The Labute approximate surface area is 140 Å². The minimum absolute atomic E-state index is 0.0269. The molecule has 0 saturated carbocycles. The summed E-state index contributed by atoms with van der Waals surface area (Å²) in [6, 6.07) is 3.77. The second-order valence-electron chi connectivity index (χ2n) is 5.34. The van der Waals surface area contributed by atoms with E-state index in [1.165, 1.54) is 18.4 Å². The van der Waals surface area contributed by atoms with Gasteiger partial charge in [-0.1, -0.05) is 25.2 Å². The molecule has 5 heteroatoms. The Morgan fingerprint density at radius 1 is 1.39 bits per heavy atom. The summed E-state index contributed by atoms with van der Waals surface area (Å²) in [7, 11) is 1.26. The SMILES string of the molecule is CC/C=C/C=C/[C@@]1(C)OC(c2ccc(C)s2)=C(C(=O)OC)C1=O. The number of ether oxygens (including phenoxy) is 2. The van der Waals surface area contributed by atoms with Gasteiger partial charge in [0.25, 0.3) is 0 Å². The maximum absolute atomic E-state index is 12.7. The topological polar surface area (TPSA) is 52.6 Å². The van der Waals surface area contributed by atoms with E-state index >= 15 is 0 Å². The van der Waals surface area contributed by atoms with Gasteiger partial charge in [-0.3, -0.25) is 4.79 Å². The third kappa shape index (κ3) is 3.45. The molecule has 23 heavy (non-hydrogen) atoms. The molecular formula is C18H20O4S. The molecule has 0 fully saturated rings. The summed E-state index contributed by atoms with van der Waals surface area (Å²) in [5.41, 5.74) is -1.23. The zero-order chi connectivity index (χ0) is 17.0. The third-order valence-corrected chi connectivity index (χ3v) is 4.47. The smallest absolute Gasteiger partial charge is 0.345 e. The van der Waals surface area contributed by atoms with E-state index in [1.807, 2.05) is 38.1 Å². The first kappa shape index (κ1) is 17.2. The summed E-state index contributed by atoms with van der Waals surface area (Å²) in [4.78, 5) is 26.6. The number of aryl methyl sites for hydroxylation is 1. The zero-order valence-electron chi connectivity index (χ0n) is 13.7. The summed E-state index contributed by atoms with van der Waals surface area (Å²) >= 11 is 1.47. The van der Waals surface area contributed by atoms with Crippen molar-refractivity contribution in [3.63, 3.8) is 0 Å². The predicted molar refractivity (Wildman–Crippen MR) is 91.1 cm³/mol. The Hall–Kier alpha value is -2.14. The molecule has 1 atom stereocenters. The van der Waals surface area contributed by atoms with Crippen LogP contribution in [0.15, 0.2) is 42.0 Å². The van der Waals surface area contributed by atoms with Crippen LogP contribution < -0.4 is 0 Å². The summed E-state index contributed by atoms with van der Waals surface area (Å²) in [5, 5.41) is 0. The number of esters is 1. The Balaban J connectivity index is 2.42. The van der Waals surface area contributed by atoms with E-state index in [-0.39, 0.29) is 11.4 Å². The van der Waals surface area contributed by atoms with E-state index in [2.05, 4.69) is 0 Å². The molecule has 0 radical (unpaired) electrons. The second kappa shape index (κ2) is 6.96. The molecule has 0 N–H and O–H groups in total. The Morgan fingerprint density at radius 2 is 2.13 bits per heavy atom. The van der Waals surface area contributed by atoms with E-state index in [0.717, 1.165) is 16.2 Å². The number of carbonyl (C=O) groups excluding carboxylic acids is 2. The minimum atomic E-state index is -1.20. The van der Waals surface area contributed by atoms with Crippen molar-refractivity contribution in [2.75, 3.05) is 7.11 Å². The normalized spacial score (nSPS) is 21.5. The first-order valence-electron chi connectivity index (χ1n) is 7.40. The molecule has 0 aromatic carbocycles. The van der Waals surface area contributed by atoms with Crippen LogP contribution in [0, 0.1) is 6.92 Å². The molecule has 122 valence electrons. The molecule has 1 aromatic rings. The summed E-state index contributed by atoms with van der Waals surface area (Å²) in [6.45, 7) is 5.64. The number of hydrogen-bond donors (Lipinski definition) is 0. The first-order valence-corrected chi connectivity index (χ1v) is 8.22. The Kier molecular flexibility index (Phi) is 5.21. The lowest BCUT2D eigenvalue weighted by atomic mass is 9.96. The van der Waals surface area contributed by atoms with Crippen molar-refractivity contribution in [2.24, 2.45) is 0 Å². The molecule has 1 aromatic heterocycles. The second-order valence-corrected chi connectivity index (χ2v) is 6.63. The molecule has 2 rings (SSSR count). The molecule has 0 saturated heterocycles. The number of methoxy groups -OCH3 is 1. The molecule has 0 spiro atoms. The van der Waals surface area contributed by atoms with Crippen molar-refractivity contribution in [1.29, 1.82) is 0 Å². The quantitative estimate of drug-likeness (QED) is 0.467. The van der Waals surface area contributed by atoms with Crippen molar-refractivity contribution in [3.8, 4) is 0 Å². The number of Topliss-reactive ketones (excluding diaryl/α,β-unsaturated/α-hetero) is 1. The van der Waals surface area contributed by atoms with Crippen molar-refractivity contribution in [1.82, 2.24) is 0 Å². The fourth-order valence-corrected chi connectivity index (χ4v) is 3.10. The van der Waals surface area contributed by atoms with Gasteiger partial charge in [0.2, 0.25) is 5.78 Å². The van der Waals surface area contributed by atoms with Crippen molar-refractivity contribution >= 4 is 28.8 Å². The molecular weight excluding hydrogens is 312 g/mol. The molecule has 0 unspecified atom stereocenters. The Morgan fingerprint density at radius 3 is 2.70 bits per heavy atom. The minimum Gasteiger partial charge on any atom is -0.473 e. The van der Waals surface area contributed by atoms with Gasteiger partial charge in [-0.25, -0.2) is 4.79 Å². The monoisotopic (exact) mass is 332 g/mol. The molecule has 0 aliphatic carbocycles. The standard InChI is InChI=1S/C18H20O4S/c1-5-6-7-8-11-18(3)16(19)14(17(20)21-4)15(22-18)13-10-9-12(2)23-13/h6-11H,5H2,1-4H3/b7-6+,11-8+/t18-/m1/s1. The van der Waals surface area contributed by atoms with Gasteiger partial charge in [0.05, 0.1) is 12.0 Å². The highest BCUT2D eigenvalue weighted by Crippen LogP contribution is 2.40. The van der Waals surface area contributed by atoms with Crippen molar-refractivity contribution in [2.45, 2.75) is 32.8 Å². The van der Waals surface area contributed by atoms with Crippen molar-refractivity contribution < 1.29 is 19.1 Å². The maximum Gasteiger partial charge on any atom is 0.345 e. The summed E-state index contributed by atoms with van der Waals surface area (Å²) < 4.78 is 10.7. The highest BCUT2D eigenvalue weighted by atomic mass is 32.1. The molecule has 2 heterocycles. The van der Waals surface area contributed by atoms with Gasteiger partial charge < -0.3 is 9.47 Å². The third-order valence-electron chi connectivity index (χ3n) is 3.47. The van der Waals surface area contributed by atoms with Gasteiger partial charge in [0, 0.05) is 4.88 Å². The summed E-state index contributed by atoms with van der Waals surface area (Å²) in [6.07, 6.45) is 8.16. The van der Waals surface area contributed by atoms with E-state index in [0.29, 0.717) is 5.76 Å². The van der Waals surface area contributed by atoms with Gasteiger partial charge in [0.15, 0.2) is 16.9 Å². The number of hydrogen-bond acceptors (Lipinski definition) is 5. The van der Waals surface area contributed by atoms with Gasteiger partial charge in [0.1, 0.15) is 0 Å².